The van der Waals surface area contributed by atoms with E-state index in [9.17, 15) is 0 Å². The second-order valence-corrected chi connectivity index (χ2v) is 2.93. The lowest BCUT2D eigenvalue weighted by molar-refractivity contribution is 0.343. The van der Waals surface area contributed by atoms with Gasteiger partial charge in [-0.2, -0.15) is 4.98 Å². The van der Waals surface area contributed by atoms with E-state index in [1.54, 1.807) is 6.92 Å². The van der Waals surface area contributed by atoms with E-state index in [4.69, 9.17) is 10.3 Å². The van der Waals surface area contributed by atoms with Crippen LogP contribution in [0.1, 0.15) is 43.9 Å². The lowest BCUT2D eigenvalue weighted by atomic mass is 10.1. The fraction of sp³-hybridized carbons (Fsp3) is 0.750. The van der Waals surface area contributed by atoms with E-state index in [1.807, 2.05) is 0 Å². The second-order valence-electron chi connectivity index (χ2n) is 2.93. The summed E-state index contributed by atoms with van der Waals surface area (Å²) in [6.07, 6.45) is 3.15. The van der Waals surface area contributed by atoms with Gasteiger partial charge in [0.2, 0.25) is 5.89 Å². The van der Waals surface area contributed by atoms with Gasteiger partial charge in [-0.15, -0.1) is 0 Å². The molecule has 0 aliphatic rings. The average molecular weight is 169 g/mol. The van der Waals surface area contributed by atoms with Crippen molar-refractivity contribution in [3.8, 4) is 0 Å². The monoisotopic (exact) mass is 169 g/mol. The Hall–Kier alpha value is -0.900. The topological polar surface area (TPSA) is 64.9 Å². The lowest BCUT2D eigenvalue weighted by Gasteiger charge is -2.03. The molecule has 0 bridgehead atoms. The second kappa shape index (κ2) is 4.21. The molecule has 0 amide bonds. The Morgan fingerprint density at radius 2 is 2.33 bits per heavy atom. The molecule has 2 N–H and O–H groups in total. The summed E-state index contributed by atoms with van der Waals surface area (Å²) in [5.41, 5.74) is 5.80. The summed E-state index contributed by atoms with van der Waals surface area (Å²) in [6, 6.07) is -0.0915. The maximum atomic E-state index is 5.80. The molecule has 12 heavy (non-hydrogen) atoms. The highest BCUT2D eigenvalue weighted by atomic mass is 16.5. The maximum Gasteiger partial charge on any atom is 0.243 e. The Bertz CT molecular complexity index is 234. The number of aromatic nitrogens is 2. The molecular weight excluding hydrogens is 154 g/mol. The number of nitrogens with zero attached hydrogens (tertiary/aromatic N) is 2. The van der Waals surface area contributed by atoms with Crippen LogP contribution in [0.15, 0.2) is 4.52 Å². The molecule has 0 radical (unpaired) electrons. The Balaban J connectivity index is 2.47. The smallest absolute Gasteiger partial charge is 0.243 e. The van der Waals surface area contributed by atoms with Crippen molar-refractivity contribution in [1.29, 1.82) is 0 Å². The van der Waals surface area contributed by atoms with Crippen LogP contribution in [0.5, 0.6) is 0 Å². The standard InChI is InChI=1S/C8H15N3O/c1-3-4-5-7(9)8-10-6(2)11-12-8/h7H,3-5,9H2,1-2H3/t7-/m0/s1. The zero-order chi connectivity index (χ0) is 8.97. The third-order valence-electron chi connectivity index (χ3n) is 1.73. The van der Waals surface area contributed by atoms with Crippen LogP contribution < -0.4 is 5.73 Å². The Morgan fingerprint density at radius 1 is 1.58 bits per heavy atom. The van der Waals surface area contributed by atoms with E-state index >= 15 is 0 Å². The van der Waals surface area contributed by atoms with Gasteiger partial charge >= 0.3 is 0 Å². The molecule has 1 rings (SSSR count). The Kier molecular flexibility index (Phi) is 3.22. The van der Waals surface area contributed by atoms with Crippen LogP contribution in [0.3, 0.4) is 0 Å². The van der Waals surface area contributed by atoms with Crippen molar-refractivity contribution in [3.63, 3.8) is 0 Å². The van der Waals surface area contributed by atoms with E-state index in [0.29, 0.717) is 11.7 Å². The SMILES string of the molecule is CCCC[C@H](N)c1nc(C)no1. The summed E-state index contributed by atoms with van der Waals surface area (Å²) >= 11 is 0. The van der Waals surface area contributed by atoms with Gasteiger partial charge in [0, 0.05) is 0 Å². The van der Waals surface area contributed by atoms with Crippen molar-refractivity contribution in [2.45, 2.75) is 39.2 Å². The molecule has 0 unspecified atom stereocenters. The zero-order valence-electron chi connectivity index (χ0n) is 7.58. The van der Waals surface area contributed by atoms with Crippen LogP contribution in [0.2, 0.25) is 0 Å². The molecule has 1 aromatic heterocycles. The molecule has 0 aliphatic carbocycles. The van der Waals surface area contributed by atoms with Crippen molar-refractivity contribution in [1.82, 2.24) is 10.1 Å². The summed E-state index contributed by atoms with van der Waals surface area (Å²) in [5, 5.41) is 3.68. The molecule has 4 heteroatoms. The minimum Gasteiger partial charge on any atom is -0.338 e. The van der Waals surface area contributed by atoms with Crippen molar-refractivity contribution in [3.05, 3.63) is 11.7 Å². The summed E-state index contributed by atoms with van der Waals surface area (Å²) in [5.74, 6) is 1.21. The first-order valence-corrected chi connectivity index (χ1v) is 4.29. The first kappa shape index (κ1) is 9.19. The predicted octanol–water partition coefficient (Wildman–Crippen LogP) is 1.57. The minimum absolute atomic E-state index is 0.0915. The molecule has 0 saturated carbocycles. The number of hydrogen-bond acceptors (Lipinski definition) is 4. The number of rotatable bonds is 4. The van der Waals surface area contributed by atoms with Crippen LogP contribution in [-0.4, -0.2) is 10.1 Å². The van der Waals surface area contributed by atoms with Crippen molar-refractivity contribution in [2.75, 3.05) is 0 Å². The summed E-state index contributed by atoms with van der Waals surface area (Å²) in [7, 11) is 0. The molecule has 0 aliphatic heterocycles. The van der Waals surface area contributed by atoms with Gasteiger partial charge < -0.3 is 10.3 Å². The molecular formula is C8H15N3O. The third kappa shape index (κ3) is 2.30. The number of unbranched alkanes of at least 4 members (excludes halogenated alkanes) is 1. The third-order valence-corrected chi connectivity index (χ3v) is 1.73. The van der Waals surface area contributed by atoms with Crippen LogP contribution in [0.4, 0.5) is 0 Å². The summed E-state index contributed by atoms with van der Waals surface area (Å²) in [4.78, 5) is 4.06. The van der Waals surface area contributed by atoms with E-state index < -0.39 is 0 Å². The highest BCUT2D eigenvalue weighted by Gasteiger charge is 2.11. The highest BCUT2D eigenvalue weighted by molar-refractivity contribution is 4.89. The van der Waals surface area contributed by atoms with Gasteiger partial charge in [-0.1, -0.05) is 24.9 Å². The van der Waals surface area contributed by atoms with Crippen molar-refractivity contribution >= 4 is 0 Å². The van der Waals surface area contributed by atoms with Crippen LogP contribution >= 0.6 is 0 Å². The fourth-order valence-electron chi connectivity index (χ4n) is 1.01. The van der Waals surface area contributed by atoms with Gasteiger partial charge in [-0.25, -0.2) is 0 Å². The molecule has 1 atom stereocenters. The van der Waals surface area contributed by atoms with Gasteiger partial charge in [-0.05, 0) is 13.3 Å². The quantitative estimate of drug-likeness (QED) is 0.743. The molecule has 0 spiro atoms. The van der Waals surface area contributed by atoms with Gasteiger partial charge in [0.05, 0.1) is 6.04 Å². The zero-order valence-corrected chi connectivity index (χ0v) is 7.58. The van der Waals surface area contributed by atoms with Crippen molar-refractivity contribution < 1.29 is 4.52 Å². The normalized spacial score (nSPS) is 13.2. The van der Waals surface area contributed by atoms with E-state index in [2.05, 4.69) is 17.1 Å². The Labute approximate surface area is 72.1 Å². The van der Waals surface area contributed by atoms with Gasteiger partial charge in [0.15, 0.2) is 5.82 Å². The predicted molar refractivity (Wildman–Crippen MR) is 45.5 cm³/mol. The highest BCUT2D eigenvalue weighted by Crippen LogP contribution is 2.13. The van der Waals surface area contributed by atoms with Crippen molar-refractivity contribution in [2.24, 2.45) is 5.73 Å². The largest absolute Gasteiger partial charge is 0.338 e. The van der Waals surface area contributed by atoms with Crippen LogP contribution in [-0.2, 0) is 0 Å². The number of nitrogens with two attached hydrogens (primary N) is 1. The molecule has 68 valence electrons. The maximum absolute atomic E-state index is 5.80. The molecule has 4 nitrogen and oxygen atoms in total. The summed E-state index contributed by atoms with van der Waals surface area (Å²) < 4.78 is 4.94. The van der Waals surface area contributed by atoms with Crippen LogP contribution in [0, 0.1) is 6.92 Å². The first-order valence-electron chi connectivity index (χ1n) is 4.29. The number of hydrogen-bond donors (Lipinski definition) is 1. The lowest BCUT2D eigenvalue weighted by Crippen LogP contribution is -2.10. The molecule has 0 saturated heterocycles. The molecule has 0 aromatic carbocycles. The molecule has 1 aromatic rings. The van der Waals surface area contributed by atoms with Gasteiger partial charge in [0.1, 0.15) is 0 Å². The van der Waals surface area contributed by atoms with Crippen LogP contribution in [0.25, 0.3) is 0 Å². The van der Waals surface area contributed by atoms with E-state index in [0.717, 1.165) is 19.3 Å². The molecule has 0 fully saturated rings. The number of aryl methyl sites for hydroxylation is 1. The van der Waals surface area contributed by atoms with E-state index in [-0.39, 0.29) is 6.04 Å². The van der Waals surface area contributed by atoms with Gasteiger partial charge in [0.25, 0.3) is 0 Å². The minimum atomic E-state index is -0.0915. The van der Waals surface area contributed by atoms with Gasteiger partial charge in [-0.3, -0.25) is 0 Å². The van der Waals surface area contributed by atoms with E-state index in [1.165, 1.54) is 0 Å². The molecule has 1 heterocycles. The summed E-state index contributed by atoms with van der Waals surface area (Å²) in [6.45, 7) is 3.92. The average Bonchev–Trinajstić information content (AvgIpc) is 2.47. The first-order chi connectivity index (χ1) is 5.74. The Morgan fingerprint density at radius 3 is 2.83 bits per heavy atom. The fourth-order valence-corrected chi connectivity index (χ4v) is 1.01.